The van der Waals surface area contributed by atoms with Gasteiger partial charge in [-0.25, -0.2) is 0 Å². The number of ether oxygens (including phenoxy) is 1. The van der Waals surface area contributed by atoms with Gasteiger partial charge in [-0.2, -0.15) is 0 Å². The van der Waals surface area contributed by atoms with E-state index < -0.39 is 0 Å². The molecule has 1 aliphatic heterocycles. The molecule has 0 amide bonds. The zero-order valence-electron chi connectivity index (χ0n) is 13.4. The van der Waals surface area contributed by atoms with Crippen LogP contribution in [-0.2, 0) is 0 Å². The average molecular weight is 291 g/mol. The lowest BCUT2D eigenvalue weighted by Crippen LogP contribution is -2.39. The van der Waals surface area contributed by atoms with Gasteiger partial charge in [0.15, 0.2) is 0 Å². The van der Waals surface area contributed by atoms with Crippen molar-refractivity contribution in [2.75, 3.05) is 44.2 Å². The summed E-state index contributed by atoms with van der Waals surface area (Å²) in [6.07, 6.45) is 2.17. The van der Waals surface area contributed by atoms with Crippen molar-refractivity contribution in [1.82, 2.24) is 4.90 Å². The first-order valence-corrected chi connectivity index (χ1v) is 8.18. The van der Waals surface area contributed by atoms with Crippen LogP contribution in [0.5, 0.6) is 5.75 Å². The Morgan fingerprint density at radius 1 is 1.14 bits per heavy atom. The lowest BCUT2D eigenvalue weighted by Gasteiger charge is -2.32. The highest BCUT2D eigenvalue weighted by Gasteiger charge is 2.16. The summed E-state index contributed by atoms with van der Waals surface area (Å²) < 4.78 is 5.82. The van der Waals surface area contributed by atoms with Crippen molar-refractivity contribution >= 4 is 5.69 Å². The van der Waals surface area contributed by atoms with Crippen LogP contribution in [0.15, 0.2) is 24.3 Å². The Morgan fingerprint density at radius 2 is 1.76 bits per heavy atom. The van der Waals surface area contributed by atoms with Gasteiger partial charge in [-0.3, -0.25) is 0 Å². The number of benzene rings is 1. The fourth-order valence-electron chi connectivity index (χ4n) is 2.74. The van der Waals surface area contributed by atoms with E-state index in [4.69, 9.17) is 10.5 Å². The van der Waals surface area contributed by atoms with Crippen LogP contribution in [-0.4, -0.2) is 50.3 Å². The van der Waals surface area contributed by atoms with E-state index in [1.807, 2.05) is 0 Å². The summed E-state index contributed by atoms with van der Waals surface area (Å²) in [5.74, 6) is 0.958. The quantitative estimate of drug-likeness (QED) is 0.837. The average Bonchev–Trinajstić information content (AvgIpc) is 2.53. The number of likely N-dealkylation sites (N-methyl/N-ethyl adjacent to an activating group) is 1. The molecule has 1 heterocycles. The van der Waals surface area contributed by atoms with Gasteiger partial charge in [0.05, 0.1) is 0 Å². The summed E-state index contributed by atoms with van der Waals surface area (Å²) in [6.45, 7) is 10.4. The summed E-state index contributed by atoms with van der Waals surface area (Å²) in [5.41, 5.74) is 7.23. The first-order chi connectivity index (χ1) is 10.2. The van der Waals surface area contributed by atoms with Gasteiger partial charge in [0.1, 0.15) is 12.4 Å². The fourth-order valence-corrected chi connectivity index (χ4v) is 2.74. The molecule has 0 atom stereocenters. The predicted octanol–water partition coefficient (Wildman–Crippen LogP) is 2.33. The van der Waals surface area contributed by atoms with Crippen molar-refractivity contribution in [3.05, 3.63) is 24.3 Å². The van der Waals surface area contributed by atoms with Crippen LogP contribution in [0.3, 0.4) is 0 Å². The molecule has 2 N–H and O–H groups in total. The molecule has 0 saturated carbocycles. The molecule has 0 aliphatic carbocycles. The second-order valence-electron chi connectivity index (χ2n) is 5.69. The lowest BCUT2D eigenvalue weighted by atomic mass is 10.1. The number of nitrogens with two attached hydrogens (primary N) is 1. The van der Waals surface area contributed by atoms with Crippen molar-refractivity contribution < 1.29 is 4.74 Å². The van der Waals surface area contributed by atoms with E-state index in [9.17, 15) is 0 Å². The Morgan fingerprint density at radius 3 is 2.33 bits per heavy atom. The minimum absolute atomic E-state index is 0.379. The van der Waals surface area contributed by atoms with E-state index >= 15 is 0 Å². The second-order valence-corrected chi connectivity index (χ2v) is 5.69. The highest BCUT2D eigenvalue weighted by molar-refractivity contribution is 5.49. The highest BCUT2D eigenvalue weighted by Crippen LogP contribution is 2.22. The largest absolute Gasteiger partial charge is 0.492 e. The van der Waals surface area contributed by atoms with Gasteiger partial charge >= 0.3 is 0 Å². The first-order valence-electron chi connectivity index (χ1n) is 8.18. The maximum atomic E-state index is 5.95. The molecule has 0 aromatic heterocycles. The molecule has 2 rings (SSSR count). The van der Waals surface area contributed by atoms with E-state index in [0.29, 0.717) is 6.04 Å². The molecule has 1 aromatic rings. The van der Waals surface area contributed by atoms with Gasteiger partial charge < -0.3 is 20.3 Å². The molecule has 4 nitrogen and oxygen atoms in total. The SMILES string of the molecule is CCN(CC)CCOc1ccc(N2CCC(N)CC2)cc1. The van der Waals surface area contributed by atoms with Crippen LogP contribution in [0, 0.1) is 0 Å². The fraction of sp³-hybridized carbons (Fsp3) is 0.647. The van der Waals surface area contributed by atoms with Crippen molar-refractivity contribution in [2.45, 2.75) is 32.7 Å². The van der Waals surface area contributed by atoms with Crippen LogP contribution < -0.4 is 15.4 Å². The van der Waals surface area contributed by atoms with Crippen molar-refractivity contribution in [3.8, 4) is 5.75 Å². The van der Waals surface area contributed by atoms with Gasteiger partial charge in [-0.05, 0) is 50.2 Å². The molecule has 0 unspecified atom stereocenters. The molecule has 1 aromatic carbocycles. The summed E-state index contributed by atoms with van der Waals surface area (Å²) in [6, 6.07) is 8.84. The molecular weight excluding hydrogens is 262 g/mol. The highest BCUT2D eigenvalue weighted by atomic mass is 16.5. The van der Waals surface area contributed by atoms with E-state index in [1.54, 1.807) is 0 Å². The number of hydrogen-bond donors (Lipinski definition) is 1. The number of anilines is 1. The Hall–Kier alpha value is -1.26. The molecule has 0 bridgehead atoms. The van der Waals surface area contributed by atoms with E-state index in [2.05, 4.69) is 47.9 Å². The van der Waals surface area contributed by atoms with Crippen molar-refractivity contribution in [2.24, 2.45) is 5.73 Å². The van der Waals surface area contributed by atoms with E-state index in [1.165, 1.54) is 5.69 Å². The van der Waals surface area contributed by atoms with Crippen LogP contribution >= 0.6 is 0 Å². The van der Waals surface area contributed by atoms with Gasteiger partial charge in [-0.1, -0.05) is 13.8 Å². The standard InChI is InChI=1S/C17H29N3O/c1-3-19(4-2)13-14-21-17-7-5-16(6-8-17)20-11-9-15(18)10-12-20/h5-8,15H,3-4,9-14,18H2,1-2H3. The van der Waals surface area contributed by atoms with E-state index in [0.717, 1.165) is 57.9 Å². The molecule has 118 valence electrons. The summed E-state index contributed by atoms with van der Waals surface area (Å²) in [4.78, 5) is 4.77. The number of piperidine rings is 1. The monoisotopic (exact) mass is 291 g/mol. The van der Waals surface area contributed by atoms with Crippen LogP contribution in [0.1, 0.15) is 26.7 Å². The van der Waals surface area contributed by atoms with Crippen LogP contribution in [0.25, 0.3) is 0 Å². The minimum atomic E-state index is 0.379. The Kier molecular flexibility index (Phi) is 6.33. The molecule has 0 spiro atoms. The maximum Gasteiger partial charge on any atom is 0.119 e. The van der Waals surface area contributed by atoms with Gasteiger partial charge in [0, 0.05) is 31.4 Å². The third-order valence-corrected chi connectivity index (χ3v) is 4.31. The second kappa shape index (κ2) is 8.25. The molecule has 1 saturated heterocycles. The summed E-state index contributed by atoms with van der Waals surface area (Å²) in [5, 5.41) is 0. The predicted molar refractivity (Wildman–Crippen MR) is 89.1 cm³/mol. The Labute approximate surface area is 128 Å². The minimum Gasteiger partial charge on any atom is -0.492 e. The Balaban J connectivity index is 1.79. The molecule has 21 heavy (non-hydrogen) atoms. The first kappa shape index (κ1) is 16.1. The smallest absolute Gasteiger partial charge is 0.119 e. The maximum absolute atomic E-state index is 5.95. The zero-order chi connectivity index (χ0) is 15.1. The van der Waals surface area contributed by atoms with Gasteiger partial charge in [0.25, 0.3) is 0 Å². The van der Waals surface area contributed by atoms with Crippen molar-refractivity contribution in [1.29, 1.82) is 0 Å². The molecule has 4 heteroatoms. The van der Waals surface area contributed by atoms with Crippen molar-refractivity contribution in [3.63, 3.8) is 0 Å². The third kappa shape index (κ3) is 4.90. The zero-order valence-corrected chi connectivity index (χ0v) is 13.4. The van der Waals surface area contributed by atoms with Crippen LogP contribution in [0.4, 0.5) is 5.69 Å². The summed E-state index contributed by atoms with van der Waals surface area (Å²) >= 11 is 0. The number of rotatable bonds is 7. The van der Waals surface area contributed by atoms with E-state index in [-0.39, 0.29) is 0 Å². The topological polar surface area (TPSA) is 41.7 Å². The lowest BCUT2D eigenvalue weighted by molar-refractivity contribution is 0.223. The summed E-state index contributed by atoms with van der Waals surface area (Å²) in [7, 11) is 0. The Bertz CT molecular complexity index is 395. The molecular formula is C17H29N3O. The van der Waals surface area contributed by atoms with Crippen LogP contribution in [0.2, 0.25) is 0 Å². The molecule has 0 radical (unpaired) electrons. The third-order valence-electron chi connectivity index (χ3n) is 4.31. The van der Waals surface area contributed by atoms with Gasteiger partial charge in [-0.15, -0.1) is 0 Å². The number of hydrogen-bond acceptors (Lipinski definition) is 4. The normalized spacial score (nSPS) is 16.5. The van der Waals surface area contributed by atoms with Gasteiger partial charge in [0.2, 0.25) is 0 Å². The molecule has 1 aliphatic rings. The number of nitrogens with zero attached hydrogens (tertiary/aromatic N) is 2. The molecule has 1 fully saturated rings.